The van der Waals surface area contributed by atoms with Gasteiger partial charge in [0.25, 0.3) is 0 Å². The Morgan fingerprint density at radius 3 is 2.76 bits per heavy atom. The van der Waals surface area contributed by atoms with E-state index in [1.54, 1.807) is 7.11 Å². The highest BCUT2D eigenvalue weighted by Crippen LogP contribution is 2.40. The van der Waals surface area contributed by atoms with Crippen LogP contribution in [0.25, 0.3) is 0 Å². The zero-order valence-electron chi connectivity index (χ0n) is 12.9. The van der Waals surface area contributed by atoms with Crippen molar-refractivity contribution >= 4 is 15.9 Å². The number of hydrogen-bond acceptors (Lipinski definition) is 3. The minimum Gasteiger partial charge on any atom is -0.494 e. The normalized spacial score (nSPS) is 17.0. The molecular weight excluding hydrogens is 330 g/mol. The molecule has 21 heavy (non-hydrogen) atoms. The quantitative estimate of drug-likeness (QED) is 0.678. The van der Waals surface area contributed by atoms with E-state index >= 15 is 0 Å². The molecule has 3 nitrogen and oxygen atoms in total. The first-order valence-corrected chi connectivity index (χ1v) is 8.61. The molecule has 0 atom stereocenters. The Kier molecular flexibility index (Phi) is 7.00. The fourth-order valence-corrected chi connectivity index (χ4v) is 3.49. The van der Waals surface area contributed by atoms with Gasteiger partial charge in [-0.15, -0.1) is 0 Å². The molecule has 1 saturated carbocycles. The maximum Gasteiger partial charge on any atom is 0.120 e. The summed E-state index contributed by atoms with van der Waals surface area (Å²) in [6, 6.07) is 8.07. The van der Waals surface area contributed by atoms with Crippen LogP contribution in [0, 0.1) is 5.41 Å². The molecule has 1 N–H and O–H groups in total. The third-order valence-corrected chi connectivity index (χ3v) is 4.84. The van der Waals surface area contributed by atoms with Crippen LogP contribution in [0.4, 0.5) is 0 Å². The van der Waals surface area contributed by atoms with Crippen LogP contribution in [0.3, 0.4) is 0 Å². The summed E-state index contributed by atoms with van der Waals surface area (Å²) >= 11 is 3.48. The Morgan fingerprint density at radius 2 is 2.05 bits per heavy atom. The van der Waals surface area contributed by atoms with Crippen molar-refractivity contribution in [1.29, 1.82) is 0 Å². The maximum absolute atomic E-state index is 5.92. The van der Waals surface area contributed by atoms with Crippen molar-refractivity contribution in [1.82, 2.24) is 5.32 Å². The molecule has 4 heteroatoms. The highest BCUT2D eigenvalue weighted by molar-refractivity contribution is 9.10. The summed E-state index contributed by atoms with van der Waals surface area (Å²) in [4.78, 5) is 0. The standard InChI is InChI=1S/C17H26BrNO2/c1-20-12-10-19-14-17(7-2-3-8-17)9-11-21-16-6-4-5-15(18)13-16/h4-6,13,19H,2-3,7-12,14H2,1H3. The lowest BCUT2D eigenvalue weighted by atomic mass is 9.83. The Balaban J connectivity index is 1.77. The van der Waals surface area contributed by atoms with Gasteiger partial charge in [0.15, 0.2) is 0 Å². The van der Waals surface area contributed by atoms with E-state index in [1.165, 1.54) is 25.7 Å². The van der Waals surface area contributed by atoms with Crippen molar-refractivity contribution in [2.45, 2.75) is 32.1 Å². The summed E-state index contributed by atoms with van der Waals surface area (Å²) < 4.78 is 12.1. The van der Waals surface area contributed by atoms with E-state index in [-0.39, 0.29) is 0 Å². The Morgan fingerprint density at radius 1 is 1.24 bits per heavy atom. The number of halogens is 1. The second-order valence-corrected chi connectivity index (χ2v) is 6.85. The molecule has 0 spiro atoms. The fraction of sp³-hybridized carbons (Fsp3) is 0.647. The second kappa shape index (κ2) is 8.76. The van der Waals surface area contributed by atoms with E-state index < -0.39 is 0 Å². The molecule has 2 rings (SSSR count). The van der Waals surface area contributed by atoms with Crippen LogP contribution in [0.1, 0.15) is 32.1 Å². The topological polar surface area (TPSA) is 30.5 Å². The van der Waals surface area contributed by atoms with Crippen LogP contribution in [0.2, 0.25) is 0 Å². The molecule has 0 unspecified atom stereocenters. The Labute approximate surface area is 136 Å². The van der Waals surface area contributed by atoms with E-state index in [4.69, 9.17) is 9.47 Å². The van der Waals surface area contributed by atoms with Crippen molar-refractivity contribution in [2.75, 3.05) is 33.4 Å². The van der Waals surface area contributed by atoms with Gasteiger partial charge in [-0.05, 0) is 42.9 Å². The van der Waals surface area contributed by atoms with Crippen LogP contribution in [-0.4, -0.2) is 33.4 Å². The summed E-state index contributed by atoms with van der Waals surface area (Å²) in [5.41, 5.74) is 0.416. The average molecular weight is 356 g/mol. The van der Waals surface area contributed by atoms with Gasteiger partial charge >= 0.3 is 0 Å². The molecule has 1 aliphatic carbocycles. The number of benzene rings is 1. The first-order valence-electron chi connectivity index (χ1n) is 7.82. The van der Waals surface area contributed by atoms with Gasteiger partial charge in [0.1, 0.15) is 5.75 Å². The smallest absolute Gasteiger partial charge is 0.120 e. The summed E-state index contributed by atoms with van der Waals surface area (Å²) in [6.45, 7) is 3.59. The molecule has 0 bridgehead atoms. The van der Waals surface area contributed by atoms with E-state index in [9.17, 15) is 0 Å². The zero-order valence-corrected chi connectivity index (χ0v) is 14.5. The SMILES string of the molecule is COCCNCC1(CCOc2cccc(Br)c2)CCCC1. The largest absolute Gasteiger partial charge is 0.494 e. The third-order valence-electron chi connectivity index (χ3n) is 4.34. The summed E-state index contributed by atoms with van der Waals surface area (Å²) in [7, 11) is 1.75. The molecule has 0 amide bonds. The van der Waals surface area contributed by atoms with Crippen molar-refractivity contribution in [3.8, 4) is 5.75 Å². The number of hydrogen-bond donors (Lipinski definition) is 1. The van der Waals surface area contributed by atoms with Crippen molar-refractivity contribution in [3.05, 3.63) is 28.7 Å². The minimum absolute atomic E-state index is 0.416. The lowest BCUT2D eigenvalue weighted by Crippen LogP contribution is -2.35. The second-order valence-electron chi connectivity index (χ2n) is 5.93. The van der Waals surface area contributed by atoms with Gasteiger partial charge in [0, 0.05) is 24.7 Å². The first kappa shape index (κ1) is 16.8. The lowest BCUT2D eigenvalue weighted by molar-refractivity contribution is 0.172. The van der Waals surface area contributed by atoms with Crippen molar-refractivity contribution < 1.29 is 9.47 Å². The average Bonchev–Trinajstić information content (AvgIpc) is 2.93. The van der Waals surface area contributed by atoms with E-state index in [1.807, 2.05) is 24.3 Å². The fourth-order valence-electron chi connectivity index (χ4n) is 3.11. The van der Waals surface area contributed by atoms with E-state index in [2.05, 4.69) is 21.2 Å². The monoisotopic (exact) mass is 355 g/mol. The van der Waals surface area contributed by atoms with Gasteiger partial charge in [-0.2, -0.15) is 0 Å². The molecule has 0 heterocycles. The molecule has 1 aliphatic rings. The number of rotatable bonds is 9. The Bertz CT molecular complexity index is 419. The molecule has 1 fully saturated rings. The summed E-state index contributed by atoms with van der Waals surface area (Å²) in [6.07, 6.45) is 6.45. The zero-order chi connectivity index (χ0) is 15.0. The molecule has 118 valence electrons. The van der Waals surface area contributed by atoms with Gasteiger partial charge in [0.2, 0.25) is 0 Å². The van der Waals surface area contributed by atoms with Crippen LogP contribution in [0.5, 0.6) is 5.75 Å². The maximum atomic E-state index is 5.92. The summed E-state index contributed by atoms with van der Waals surface area (Å²) in [5, 5.41) is 3.54. The molecule has 0 radical (unpaired) electrons. The summed E-state index contributed by atoms with van der Waals surface area (Å²) in [5.74, 6) is 0.949. The van der Waals surface area contributed by atoms with Crippen LogP contribution >= 0.6 is 15.9 Å². The van der Waals surface area contributed by atoms with E-state index in [0.717, 1.165) is 42.9 Å². The highest BCUT2D eigenvalue weighted by atomic mass is 79.9. The van der Waals surface area contributed by atoms with E-state index in [0.29, 0.717) is 5.41 Å². The van der Waals surface area contributed by atoms with Gasteiger partial charge < -0.3 is 14.8 Å². The Hall–Kier alpha value is -0.580. The molecule has 0 aromatic heterocycles. The highest BCUT2D eigenvalue weighted by Gasteiger charge is 2.33. The number of methoxy groups -OCH3 is 1. The van der Waals surface area contributed by atoms with Crippen molar-refractivity contribution in [3.63, 3.8) is 0 Å². The first-order chi connectivity index (χ1) is 10.2. The van der Waals surface area contributed by atoms with Gasteiger partial charge in [-0.3, -0.25) is 0 Å². The molecule has 0 saturated heterocycles. The predicted octanol–water partition coefficient (Wildman–Crippen LogP) is 4.01. The lowest BCUT2D eigenvalue weighted by Gasteiger charge is -2.29. The number of ether oxygens (including phenoxy) is 2. The number of nitrogens with one attached hydrogen (secondary N) is 1. The van der Waals surface area contributed by atoms with Gasteiger partial charge in [-0.1, -0.05) is 34.8 Å². The predicted molar refractivity (Wildman–Crippen MR) is 89.9 cm³/mol. The van der Waals surface area contributed by atoms with Crippen LogP contribution in [-0.2, 0) is 4.74 Å². The molecule has 0 aliphatic heterocycles. The van der Waals surface area contributed by atoms with Crippen LogP contribution in [0.15, 0.2) is 28.7 Å². The van der Waals surface area contributed by atoms with Gasteiger partial charge in [0.05, 0.1) is 13.2 Å². The third kappa shape index (κ3) is 5.61. The molecule has 1 aromatic rings. The van der Waals surface area contributed by atoms with Gasteiger partial charge in [-0.25, -0.2) is 0 Å². The minimum atomic E-state index is 0.416. The van der Waals surface area contributed by atoms with Crippen molar-refractivity contribution in [2.24, 2.45) is 5.41 Å². The molecule has 1 aromatic carbocycles. The van der Waals surface area contributed by atoms with Crippen LogP contribution < -0.4 is 10.1 Å². The molecular formula is C17H26BrNO2.